The number of rotatable bonds is 7. The molecule has 1 saturated heterocycles. The van der Waals surface area contributed by atoms with Crippen LogP contribution < -0.4 is 9.47 Å². The van der Waals surface area contributed by atoms with E-state index in [-0.39, 0.29) is 0 Å². The van der Waals surface area contributed by atoms with Crippen molar-refractivity contribution in [2.75, 3.05) is 32.8 Å². The van der Waals surface area contributed by atoms with Gasteiger partial charge in [0, 0.05) is 25.7 Å². The van der Waals surface area contributed by atoms with E-state index < -0.39 is 0 Å². The van der Waals surface area contributed by atoms with Crippen molar-refractivity contribution in [3.8, 4) is 11.5 Å². The number of morpholine rings is 1. The Hall–Kier alpha value is -1.26. The van der Waals surface area contributed by atoms with Crippen LogP contribution in [0.25, 0.3) is 0 Å². The Morgan fingerprint density at radius 2 is 1.71 bits per heavy atom. The Morgan fingerprint density at radius 1 is 1.10 bits per heavy atom. The lowest BCUT2D eigenvalue weighted by Crippen LogP contribution is -2.46. The highest BCUT2D eigenvalue weighted by molar-refractivity contribution is 5.32. The lowest BCUT2D eigenvalue weighted by atomic mass is 10.2. The van der Waals surface area contributed by atoms with Gasteiger partial charge in [0.25, 0.3) is 0 Å². The van der Waals surface area contributed by atoms with Crippen LogP contribution in [0.5, 0.6) is 11.5 Å². The number of nitrogens with zero attached hydrogens (tertiary/aromatic N) is 1. The first-order chi connectivity index (χ1) is 10.2. The molecule has 0 amide bonds. The van der Waals surface area contributed by atoms with Crippen molar-refractivity contribution in [3.05, 3.63) is 24.3 Å². The molecule has 2 unspecified atom stereocenters. The van der Waals surface area contributed by atoms with Crippen molar-refractivity contribution in [2.45, 2.75) is 39.4 Å². The predicted octanol–water partition coefficient (Wildman–Crippen LogP) is 2.96. The lowest BCUT2D eigenvalue weighted by Gasteiger charge is -2.35. The average Bonchev–Trinajstić information content (AvgIpc) is 2.44. The Bertz CT molecular complexity index is 414. The third kappa shape index (κ3) is 5.56. The number of ether oxygens (including phenoxy) is 3. The van der Waals surface area contributed by atoms with E-state index in [2.05, 4.69) is 25.7 Å². The molecule has 0 aliphatic carbocycles. The molecule has 0 spiro atoms. The van der Waals surface area contributed by atoms with Crippen molar-refractivity contribution in [1.82, 2.24) is 4.90 Å². The highest BCUT2D eigenvalue weighted by Gasteiger charge is 2.21. The van der Waals surface area contributed by atoms with E-state index in [9.17, 15) is 0 Å². The molecule has 0 saturated carbocycles. The fourth-order valence-electron chi connectivity index (χ4n) is 2.63. The minimum atomic E-state index is 0.305. The van der Waals surface area contributed by atoms with E-state index in [0.29, 0.717) is 18.8 Å². The molecule has 0 bridgehead atoms. The van der Waals surface area contributed by atoms with Gasteiger partial charge < -0.3 is 14.2 Å². The molecule has 118 valence electrons. The molecule has 1 aromatic carbocycles. The molecule has 2 rings (SSSR count). The summed E-state index contributed by atoms with van der Waals surface area (Å²) in [6.07, 6.45) is 1.62. The fourth-order valence-corrected chi connectivity index (χ4v) is 2.63. The van der Waals surface area contributed by atoms with Crippen LogP contribution in [0, 0.1) is 0 Å². The highest BCUT2D eigenvalue weighted by Crippen LogP contribution is 2.19. The maximum Gasteiger partial charge on any atom is 0.123 e. The zero-order valence-corrected chi connectivity index (χ0v) is 13.4. The molecular formula is C17H27NO3. The Kier molecular flexibility index (Phi) is 6.33. The number of hydrogen-bond donors (Lipinski definition) is 0. The third-order valence-electron chi connectivity index (χ3n) is 3.45. The van der Waals surface area contributed by atoms with E-state index in [4.69, 9.17) is 14.2 Å². The summed E-state index contributed by atoms with van der Waals surface area (Å²) < 4.78 is 17.2. The molecule has 2 atom stereocenters. The maximum absolute atomic E-state index is 5.84. The van der Waals surface area contributed by atoms with E-state index in [1.165, 1.54) is 0 Å². The van der Waals surface area contributed by atoms with E-state index in [0.717, 1.165) is 44.2 Å². The van der Waals surface area contributed by atoms with Crippen molar-refractivity contribution >= 4 is 0 Å². The maximum atomic E-state index is 5.84. The molecule has 1 aromatic rings. The molecule has 1 aliphatic rings. The Morgan fingerprint density at radius 3 is 2.33 bits per heavy atom. The van der Waals surface area contributed by atoms with Crippen LogP contribution in [0.3, 0.4) is 0 Å². The minimum Gasteiger partial charge on any atom is -0.493 e. The van der Waals surface area contributed by atoms with E-state index in [1.807, 2.05) is 24.3 Å². The second-order valence-corrected chi connectivity index (χ2v) is 5.69. The van der Waals surface area contributed by atoms with Gasteiger partial charge in [0.1, 0.15) is 18.1 Å². The first kappa shape index (κ1) is 16.1. The van der Waals surface area contributed by atoms with Crippen LogP contribution in [0.1, 0.15) is 27.2 Å². The minimum absolute atomic E-state index is 0.305. The summed E-state index contributed by atoms with van der Waals surface area (Å²) >= 11 is 0. The van der Waals surface area contributed by atoms with E-state index in [1.54, 1.807) is 0 Å². The Balaban J connectivity index is 1.75. The first-order valence-electron chi connectivity index (χ1n) is 7.91. The molecule has 4 nitrogen and oxygen atoms in total. The van der Waals surface area contributed by atoms with Crippen LogP contribution in [-0.2, 0) is 4.74 Å². The zero-order valence-electron chi connectivity index (χ0n) is 13.4. The summed E-state index contributed by atoms with van der Waals surface area (Å²) in [5.74, 6) is 1.75. The van der Waals surface area contributed by atoms with Crippen LogP contribution in [-0.4, -0.2) is 50.0 Å². The van der Waals surface area contributed by atoms with Gasteiger partial charge in [-0.05, 0) is 32.4 Å². The van der Waals surface area contributed by atoms with Gasteiger partial charge in [-0.3, -0.25) is 4.90 Å². The molecule has 1 heterocycles. The predicted molar refractivity (Wildman–Crippen MR) is 84.2 cm³/mol. The summed E-state index contributed by atoms with van der Waals surface area (Å²) in [6.45, 7) is 10.7. The van der Waals surface area contributed by atoms with Crippen molar-refractivity contribution in [2.24, 2.45) is 0 Å². The van der Waals surface area contributed by atoms with Crippen molar-refractivity contribution in [1.29, 1.82) is 0 Å². The summed E-state index contributed by atoms with van der Waals surface area (Å²) in [6, 6.07) is 7.87. The van der Waals surface area contributed by atoms with Gasteiger partial charge in [-0.25, -0.2) is 0 Å². The summed E-state index contributed by atoms with van der Waals surface area (Å²) in [4.78, 5) is 2.40. The normalized spacial score (nSPS) is 23.0. The number of benzene rings is 1. The van der Waals surface area contributed by atoms with E-state index >= 15 is 0 Å². The lowest BCUT2D eigenvalue weighted by molar-refractivity contribution is -0.0699. The summed E-state index contributed by atoms with van der Waals surface area (Å²) in [5.41, 5.74) is 0. The van der Waals surface area contributed by atoms with Crippen LogP contribution in [0.15, 0.2) is 24.3 Å². The molecule has 21 heavy (non-hydrogen) atoms. The average molecular weight is 293 g/mol. The molecule has 0 aromatic heterocycles. The standard InChI is InChI=1S/C17H27NO3/c1-4-9-19-16-6-5-7-17(11-16)20-10-8-18-12-14(2)21-15(3)13-18/h5-7,11,14-15H,4,8-10,12-13H2,1-3H3. The van der Waals surface area contributed by atoms with Crippen molar-refractivity contribution in [3.63, 3.8) is 0 Å². The third-order valence-corrected chi connectivity index (χ3v) is 3.45. The van der Waals surface area contributed by atoms with Crippen LogP contribution in [0.2, 0.25) is 0 Å². The molecule has 0 radical (unpaired) electrons. The Labute approximate surface area is 128 Å². The highest BCUT2D eigenvalue weighted by atomic mass is 16.5. The topological polar surface area (TPSA) is 30.9 Å². The van der Waals surface area contributed by atoms with Gasteiger partial charge in [0.05, 0.1) is 18.8 Å². The van der Waals surface area contributed by atoms with Gasteiger partial charge in [-0.2, -0.15) is 0 Å². The fraction of sp³-hybridized carbons (Fsp3) is 0.647. The summed E-state index contributed by atoms with van der Waals surface area (Å²) in [5, 5.41) is 0. The quantitative estimate of drug-likeness (QED) is 0.773. The summed E-state index contributed by atoms with van der Waals surface area (Å²) in [7, 11) is 0. The molecular weight excluding hydrogens is 266 g/mol. The zero-order chi connectivity index (χ0) is 15.1. The van der Waals surface area contributed by atoms with Crippen LogP contribution >= 0.6 is 0 Å². The first-order valence-corrected chi connectivity index (χ1v) is 7.91. The van der Waals surface area contributed by atoms with Gasteiger partial charge in [-0.15, -0.1) is 0 Å². The molecule has 4 heteroatoms. The van der Waals surface area contributed by atoms with Gasteiger partial charge >= 0.3 is 0 Å². The molecule has 0 N–H and O–H groups in total. The second-order valence-electron chi connectivity index (χ2n) is 5.69. The molecule has 1 fully saturated rings. The van der Waals surface area contributed by atoms with Crippen LogP contribution in [0.4, 0.5) is 0 Å². The van der Waals surface area contributed by atoms with Gasteiger partial charge in [-0.1, -0.05) is 13.0 Å². The SMILES string of the molecule is CCCOc1cccc(OCCN2CC(C)OC(C)C2)c1. The largest absolute Gasteiger partial charge is 0.493 e. The molecule has 1 aliphatic heterocycles. The second kappa shape index (κ2) is 8.25. The number of hydrogen-bond acceptors (Lipinski definition) is 4. The van der Waals surface area contributed by atoms with Gasteiger partial charge in [0.2, 0.25) is 0 Å². The monoisotopic (exact) mass is 293 g/mol. The smallest absolute Gasteiger partial charge is 0.123 e. The van der Waals surface area contributed by atoms with Gasteiger partial charge in [0.15, 0.2) is 0 Å². The van der Waals surface area contributed by atoms with Crippen molar-refractivity contribution < 1.29 is 14.2 Å².